The minimum Gasteiger partial charge on any atom is -0.394 e. The summed E-state index contributed by atoms with van der Waals surface area (Å²) in [6.07, 6.45) is 1.48. The molecule has 7 heteroatoms. The predicted octanol–water partition coefficient (Wildman–Crippen LogP) is -0.583. The van der Waals surface area contributed by atoms with Crippen LogP contribution in [0.25, 0.3) is 11.5 Å². The van der Waals surface area contributed by atoms with Gasteiger partial charge in [-0.2, -0.15) is 4.98 Å². The SMILES string of the molecule is NC(CO)c1noc(-c2cc[nH]c(=O)c2)n1. The molecule has 0 aliphatic heterocycles. The maximum absolute atomic E-state index is 11.1. The Labute approximate surface area is 89.9 Å². The van der Waals surface area contributed by atoms with Gasteiger partial charge in [-0.3, -0.25) is 4.79 Å². The highest BCUT2D eigenvalue weighted by Gasteiger charge is 2.14. The Morgan fingerprint density at radius 2 is 2.44 bits per heavy atom. The Hall–Kier alpha value is -1.99. The molecule has 0 saturated carbocycles. The lowest BCUT2D eigenvalue weighted by atomic mass is 10.2. The molecular formula is C9H10N4O3. The standard InChI is InChI=1S/C9H10N4O3/c10-6(4-14)8-12-9(16-13-8)5-1-2-11-7(15)3-5/h1-3,6,14H,4,10H2,(H,11,15). The number of aromatic nitrogens is 3. The Kier molecular flexibility index (Phi) is 2.80. The van der Waals surface area contributed by atoms with Crippen molar-refractivity contribution in [3.8, 4) is 11.5 Å². The number of pyridine rings is 1. The number of aliphatic hydroxyl groups excluding tert-OH is 1. The van der Waals surface area contributed by atoms with Crippen LogP contribution in [-0.4, -0.2) is 26.8 Å². The van der Waals surface area contributed by atoms with Crippen molar-refractivity contribution < 1.29 is 9.63 Å². The van der Waals surface area contributed by atoms with Crippen LogP contribution in [0.4, 0.5) is 0 Å². The number of rotatable bonds is 3. The first-order chi connectivity index (χ1) is 7.70. The first-order valence-corrected chi connectivity index (χ1v) is 4.60. The quantitative estimate of drug-likeness (QED) is 0.639. The summed E-state index contributed by atoms with van der Waals surface area (Å²) in [4.78, 5) is 17.5. The first kappa shape index (κ1) is 10.5. The van der Waals surface area contributed by atoms with E-state index in [1.807, 2.05) is 0 Å². The molecule has 0 bridgehead atoms. The molecule has 2 aromatic rings. The van der Waals surface area contributed by atoms with Gasteiger partial charge in [0, 0.05) is 17.8 Å². The van der Waals surface area contributed by atoms with E-state index in [0.29, 0.717) is 5.56 Å². The fourth-order valence-electron chi connectivity index (χ4n) is 1.16. The summed E-state index contributed by atoms with van der Waals surface area (Å²) in [6.45, 7) is -0.269. The van der Waals surface area contributed by atoms with E-state index < -0.39 is 6.04 Å². The molecule has 0 aliphatic rings. The van der Waals surface area contributed by atoms with E-state index in [-0.39, 0.29) is 23.9 Å². The van der Waals surface area contributed by atoms with Gasteiger partial charge in [-0.1, -0.05) is 5.16 Å². The van der Waals surface area contributed by atoms with Gasteiger partial charge in [-0.15, -0.1) is 0 Å². The minimum absolute atomic E-state index is 0.199. The Balaban J connectivity index is 2.35. The van der Waals surface area contributed by atoms with Crippen LogP contribution in [0.3, 0.4) is 0 Å². The van der Waals surface area contributed by atoms with Gasteiger partial charge in [0.1, 0.15) is 0 Å². The summed E-state index contributed by atoms with van der Waals surface area (Å²) in [5.74, 6) is 0.405. The van der Waals surface area contributed by atoms with E-state index >= 15 is 0 Å². The fourth-order valence-corrected chi connectivity index (χ4v) is 1.16. The van der Waals surface area contributed by atoms with Crippen molar-refractivity contribution in [2.24, 2.45) is 5.73 Å². The van der Waals surface area contributed by atoms with Crippen LogP contribution in [-0.2, 0) is 0 Å². The second kappa shape index (κ2) is 4.25. The number of aromatic amines is 1. The summed E-state index contributed by atoms with van der Waals surface area (Å²) in [6, 6.07) is 2.28. The lowest BCUT2D eigenvalue weighted by Crippen LogP contribution is -2.15. The highest BCUT2D eigenvalue weighted by atomic mass is 16.5. The van der Waals surface area contributed by atoms with Crippen LogP contribution in [0, 0.1) is 0 Å². The third kappa shape index (κ3) is 2.00. The van der Waals surface area contributed by atoms with Gasteiger partial charge in [0.2, 0.25) is 5.56 Å². The van der Waals surface area contributed by atoms with E-state index in [1.54, 1.807) is 6.07 Å². The number of hydrogen-bond acceptors (Lipinski definition) is 6. The molecule has 84 valence electrons. The number of nitrogens with two attached hydrogens (primary N) is 1. The van der Waals surface area contributed by atoms with Crippen molar-refractivity contribution in [2.75, 3.05) is 6.61 Å². The zero-order chi connectivity index (χ0) is 11.5. The number of aliphatic hydroxyl groups is 1. The van der Waals surface area contributed by atoms with Gasteiger partial charge in [-0.25, -0.2) is 0 Å². The maximum Gasteiger partial charge on any atom is 0.258 e. The highest BCUT2D eigenvalue weighted by Crippen LogP contribution is 2.16. The summed E-state index contributed by atoms with van der Waals surface area (Å²) in [5.41, 5.74) is 5.76. The van der Waals surface area contributed by atoms with E-state index in [0.717, 1.165) is 0 Å². The van der Waals surface area contributed by atoms with Crippen LogP contribution in [0.2, 0.25) is 0 Å². The van der Waals surface area contributed by atoms with E-state index in [9.17, 15) is 4.79 Å². The normalized spacial score (nSPS) is 12.6. The number of H-pyrrole nitrogens is 1. The lowest BCUT2D eigenvalue weighted by Gasteiger charge is -1.98. The van der Waals surface area contributed by atoms with Crippen molar-refractivity contribution in [1.29, 1.82) is 0 Å². The number of hydrogen-bond donors (Lipinski definition) is 3. The van der Waals surface area contributed by atoms with E-state index in [1.165, 1.54) is 12.3 Å². The molecule has 7 nitrogen and oxygen atoms in total. The molecular weight excluding hydrogens is 212 g/mol. The Morgan fingerprint density at radius 3 is 3.12 bits per heavy atom. The van der Waals surface area contributed by atoms with E-state index in [4.69, 9.17) is 15.4 Å². The second-order valence-electron chi connectivity index (χ2n) is 3.19. The van der Waals surface area contributed by atoms with Gasteiger partial charge in [0.15, 0.2) is 5.82 Å². The molecule has 2 aromatic heterocycles. The molecule has 1 unspecified atom stereocenters. The maximum atomic E-state index is 11.1. The smallest absolute Gasteiger partial charge is 0.258 e. The average molecular weight is 222 g/mol. The second-order valence-corrected chi connectivity index (χ2v) is 3.19. The largest absolute Gasteiger partial charge is 0.394 e. The van der Waals surface area contributed by atoms with Crippen LogP contribution in [0.1, 0.15) is 11.9 Å². The van der Waals surface area contributed by atoms with Gasteiger partial charge in [0.25, 0.3) is 5.89 Å². The van der Waals surface area contributed by atoms with Crippen LogP contribution >= 0.6 is 0 Å². The fraction of sp³-hybridized carbons (Fsp3) is 0.222. The molecule has 2 heterocycles. The molecule has 0 saturated heterocycles. The van der Waals surface area contributed by atoms with Crippen molar-refractivity contribution in [1.82, 2.24) is 15.1 Å². The third-order valence-corrected chi connectivity index (χ3v) is 1.99. The molecule has 0 fully saturated rings. The number of nitrogens with zero attached hydrogens (tertiary/aromatic N) is 2. The van der Waals surface area contributed by atoms with Gasteiger partial charge in [0.05, 0.1) is 12.6 Å². The summed E-state index contributed by atoms with van der Waals surface area (Å²) in [7, 11) is 0. The zero-order valence-electron chi connectivity index (χ0n) is 8.25. The molecule has 0 amide bonds. The Bertz CT molecular complexity index is 533. The molecule has 4 N–H and O–H groups in total. The van der Waals surface area contributed by atoms with E-state index in [2.05, 4.69) is 15.1 Å². The molecule has 0 aliphatic carbocycles. The molecule has 0 radical (unpaired) electrons. The lowest BCUT2D eigenvalue weighted by molar-refractivity contribution is 0.260. The predicted molar refractivity (Wildman–Crippen MR) is 54.4 cm³/mol. The van der Waals surface area contributed by atoms with Crippen LogP contribution in [0.15, 0.2) is 27.6 Å². The van der Waals surface area contributed by atoms with Crippen molar-refractivity contribution in [3.05, 3.63) is 34.5 Å². The zero-order valence-corrected chi connectivity index (χ0v) is 8.25. The molecule has 1 atom stereocenters. The van der Waals surface area contributed by atoms with Crippen LogP contribution in [0.5, 0.6) is 0 Å². The van der Waals surface area contributed by atoms with Crippen LogP contribution < -0.4 is 11.3 Å². The molecule has 0 aromatic carbocycles. The average Bonchev–Trinajstić information content (AvgIpc) is 2.77. The first-order valence-electron chi connectivity index (χ1n) is 4.60. The molecule has 0 spiro atoms. The highest BCUT2D eigenvalue weighted by molar-refractivity contribution is 5.51. The van der Waals surface area contributed by atoms with Crippen molar-refractivity contribution >= 4 is 0 Å². The minimum atomic E-state index is -0.681. The number of nitrogens with one attached hydrogen (secondary N) is 1. The summed E-state index contributed by atoms with van der Waals surface area (Å²) >= 11 is 0. The molecule has 16 heavy (non-hydrogen) atoms. The van der Waals surface area contributed by atoms with Gasteiger partial charge in [-0.05, 0) is 6.07 Å². The van der Waals surface area contributed by atoms with Gasteiger partial charge < -0.3 is 20.3 Å². The third-order valence-electron chi connectivity index (χ3n) is 1.99. The summed E-state index contributed by atoms with van der Waals surface area (Å²) < 4.78 is 4.92. The summed E-state index contributed by atoms with van der Waals surface area (Å²) in [5, 5.41) is 12.4. The Morgan fingerprint density at radius 1 is 1.62 bits per heavy atom. The van der Waals surface area contributed by atoms with Gasteiger partial charge >= 0.3 is 0 Å². The monoisotopic (exact) mass is 222 g/mol. The molecule has 2 rings (SSSR count). The van der Waals surface area contributed by atoms with Crippen molar-refractivity contribution in [3.63, 3.8) is 0 Å². The van der Waals surface area contributed by atoms with Crippen molar-refractivity contribution in [2.45, 2.75) is 6.04 Å². The topological polar surface area (TPSA) is 118 Å².